The summed E-state index contributed by atoms with van der Waals surface area (Å²) in [6, 6.07) is 0. The van der Waals surface area contributed by atoms with E-state index < -0.39 is 0 Å². The standard InChI is InChI=1S/C16H31N3O/c1-17-11-8-15(20)18-14-16(9-4-2-5-10-16)19-12-6-3-7-13-19/h17H,2-14H2,1H3,(H,18,20). The second kappa shape index (κ2) is 7.99. The average molecular weight is 281 g/mol. The summed E-state index contributed by atoms with van der Waals surface area (Å²) in [5.74, 6) is 0.196. The molecule has 0 aromatic carbocycles. The van der Waals surface area contributed by atoms with Gasteiger partial charge in [0.2, 0.25) is 5.91 Å². The van der Waals surface area contributed by atoms with Gasteiger partial charge in [0.15, 0.2) is 0 Å². The first-order valence-electron chi connectivity index (χ1n) is 8.43. The smallest absolute Gasteiger partial charge is 0.221 e. The Morgan fingerprint density at radius 2 is 1.70 bits per heavy atom. The first kappa shape index (κ1) is 15.8. The second-order valence-electron chi connectivity index (χ2n) is 6.46. The summed E-state index contributed by atoms with van der Waals surface area (Å²) in [4.78, 5) is 14.6. The van der Waals surface area contributed by atoms with Crippen LogP contribution in [0.1, 0.15) is 57.8 Å². The van der Waals surface area contributed by atoms with E-state index in [1.54, 1.807) is 0 Å². The van der Waals surface area contributed by atoms with Crippen molar-refractivity contribution < 1.29 is 4.79 Å². The first-order valence-corrected chi connectivity index (χ1v) is 8.43. The van der Waals surface area contributed by atoms with Crippen LogP contribution < -0.4 is 10.6 Å². The summed E-state index contributed by atoms with van der Waals surface area (Å²) in [6.07, 6.45) is 11.2. The topological polar surface area (TPSA) is 44.4 Å². The molecule has 1 saturated heterocycles. The summed E-state index contributed by atoms with van der Waals surface area (Å²) in [7, 11) is 1.89. The molecule has 116 valence electrons. The van der Waals surface area contributed by atoms with Crippen molar-refractivity contribution >= 4 is 5.91 Å². The molecule has 2 N–H and O–H groups in total. The van der Waals surface area contributed by atoms with E-state index in [1.807, 2.05) is 7.05 Å². The number of likely N-dealkylation sites (tertiary alicyclic amines) is 1. The Hall–Kier alpha value is -0.610. The minimum Gasteiger partial charge on any atom is -0.354 e. The van der Waals surface area contributed by atoms with E-state index in [0.29, 0.717) is 6.42 Å². The Morgan fingerprint density at radius 1 is 1.05 bits per heavy atom. The number of piperidine rings is 1. The van der Waals surface area contributed by atoms with Gasteiger partial charge in [0, 0.05) is 25.0 Å². The van der Waals surface area contributed by atoms with Crippen LogP contribution in [-0.4, -0.2) is 49.6 Å². The Labute approximate surface area is 123 Å². The van der Waals surface area contributed by atoms with Crippen molar-refractivity contribution in [2.75, 3.05) is 33.2 Å². The van der Waals surface area contributed by atoms with Gasteiger partial charge in [0.1, 0.15) is 0 Å². The molecular formula is C16H31N3O. The Balaban J connectivity index is 1.90. The van der Waals surface area contributed by atoms with Crippen LogP contribution in [0.3, 0.4) is 0 Å². The fraction of sp³-hybridized carbons (Fsp3) is 0.938. The lowest BCUT2D eigenvalue weighted by Gasteiger charge is -2.48. The average Bonchev–Trinajstić information content (AvgIpc) is 2.52. The molecule has 2 fully saturated rings. The van der Waals surface area contributed by atoms with Crippen LogP contribution in [-0.2, 0) is 4.79 Å². The normalized spacial score (nSPS) is 23.4. The van der Waals surface area contributed by atoms with E-state index in [2.05, 4.69) is 15.5 Å². The molecule has 2 rings (SSSR count). The molecule has 0 aromatic heterocycles. The highest BCUT2D eigenvalue weighted by Crippen LogP contribution is 2.35. The number of nitrogens with one attached hydrogen (secondary N) is 2. The lowest BCUT2D eigenvalue weighted by molar-refractivity contribution is -0.122. The fourth-order valence-corrected chi connectivity index (χ4v) is 3.77. The SMILES string of the molecule is CNCCC(=O)NCC1(N2CCCCC2)CCCCC1. The fourth-order valence-electron chi connectivity index (χ4n) is 3.77. The minimum absolute atomic E-state index is 0.196. The first-order chi connectivity index (χ1) is 9.77. The highest BCUT2D eigenvalue weighted by atomic mass is 16.1. The molecule has 1 heterocycles. The van der Waals surface area contributed by atoms with E-state index in [0.717, 1.165) is 13.1 Å². The van der Waals surface area contributed by atoms with Gasteiger partial charge in [-0.2, -0.15) is 0 Å². The monoisotopic (exact) mass is 281 g/mol. The summed E-state index contributed by atoms with van der Waals surface area (Å²) in [5.41, 5.74) is 0.258. The van der Waals surface area contributed by atoms with Gasteiger partial charge in [-0.25, -0.2) is 0 Å². The van der Waals surface area contributed by atoms with Crippen molar-refractivity contribution in [3.8, 4) is 0 Å². The lowest BCUT2D eigenvalue weighted by Crippen LogP contribution is -2.58. The summed E-state index contributed by atoms with van der Waals surface area (Å²) < 4.78 is 0. The maximum Gasteiger partial charge on any atom is 0.221 e. The molecule has 0 radical (unpaired) electrons. The van der Waals surface area contributed by atoms with Crippen molar-refractivity contribution in [2.45, 2.75) is 63.3 Å². The molecule has 0 aromatic rings. The van der Waals surface area contributed by atoms with E-state index in [9.17, 15) is 4.79 Å². The maximum absolute atomic E-state index is 11.9. The molecule has 4 nitrogen and oxygen atoms in total. The minimum atomic E-state index is 0.196. The molecule has 0 atom stereocenters. The van der Waals surface area contributed by atoms with E-state index in [4.69, 9.17) is 0 Å². The molecule has 2 aliphatic rings. The van der Waals surface area contributed by atoms with E-state index >= 15 is 0 Å². The predicted molar refractivity (Wildman–Crippen MR) is 82.8 cm³/mol. The van der Waals surface area contributed by atoms with Crippen LogP contribution in [0, 0.1) is 0 Å². The van der Waals surface area contributed by atoms with Crippen LogP contribution in [0.25, 0.3) is 0 Å². The predicted octanol–water partition coefficient (Wildman–Crippen LogP) is 1.90. The van der Waals surface area contributed by atoms with E-state index in [-0.39, 0.29) is 11.4 Å². The van der Waals surface area contributed by atoms with Gasteiger partial charge in [-0.3, -0.25) is 9.69 Å². The molecule has 4 heteroatoms. The van der Waals surface area contributed by atoms with Gasteiger partial charge in [0.25, 0.3) is 0 Å². The van der Waals surface area contributed by atoms with Crippen molar-refractivity contribution in [2.24, 2.45) is 0 Å². The molecule has 0 unspecified atom stereocenters. The van der Waals surface area contributed by atoms with Crippen molar-refractivity contribution in [3.63, 3.8) is 0 Å². The number of amides is 1. The molecule has 0 spiro atoms. The van der Waals surface area contributed by atoms with Gasteiger partial charge >= 0.3 is 0 Å². The van der Waals surface area contributed by atoms with Gasteiger partial charge in [-0.05, 0) is 45.8 Å². The van der Waals surface area contributed by atoms with Crippen LogP contribution in [0.5, 0.6) is 0 Å². The number of hydrogen-bond acceptors (Lipinski definition) is 3. The van der Waals surface area contributed by atoms with Gasteiger partial charge in [-0.15, -0.1) is 0 Å². The van der Waals surface area contributed by atoms with E-state index in [1.165, 1.54) is 64.5 Å². The molecule has 1 aliphatic heterocycles. The molecule has 1 amide bonds. The zero-order valence-electron chi connectivity index (χ0n) is 13.0. The second-order valence-corrected chi connectivity index (χ2v) is 6.46. The largest absolute Gasteiger partial charge is 0.354 e. The molecule has 1 saturated carbocycles. The van der Waals surface area contributed by atoms with Crippen molar-refractivity contribution in [3.05, 3.63) is 0 Å². The zero-order chi connectivity index (χ0) is 14.3. The van der Waals surface area contributed by atoms with Gasteiger partial charge in [-0.1, -0.05) is 25.7 Å². The van der Waals surface area contributed by atoms with Gasteiger partial charge in [0.05, 0.1) is 0 Å². The number of carbonyl (C=O) groups excluding carboxylic acids is 1. The van der Waals surface area contributed by atoms with Crippen LogP contribution in [0.15, 0.2) is 0 Å². The third kappa shape index (κ3) is 4.19. The zero-order valence-corrected chi connectivity index (χ0v) is 13.0. The summed E-state index contributed by atoms with van der Waals surface area (Å²) >= 11 is 0. The molecule has 1 aliphatic carbocycles. The summed E-state index contributed by atoms with van der Waals surface area (Å²) in [5, 5.41) is 6.24. The van der Waals surface area contributed by atoms with Crippen LogP contribution in [0.4, 0.5) is 0 Å². The molecule has 0 bridgehead atoms. The number of hydrogen-bond donors (Lipinski definition) is 2. The van der Waals surface area contributed by atoms with Gasteiger partial charge < -0.3 is 10.6 Å². The third-order valence-corrected chi connectivity index (χ3v) is 5.03. The quantitative estimate of drug-likeness (QED) is 0.781. The molecular weight excluding hydrogens is 250 g/mol. The summed E-state index contributed by atoms with van der Waals surface area (Å²) in [6.45, 7) is 4.08. The van der Waals surface area contributed by atoms with Crippen molar-refractivity contribution in [1.29, 1.82) is 0 Å². The number of carbonyl (C=O) groups is 1. The molecule has 20 heavy (non-hydrogen) atoms. The highest BCUT2D eigenvalue weighted by Gasteiger charge is 2.38. The number of nitrogens with zero attached hydrogens (tertiary/aromatic N) is 1. The third-order valence-electron chi connectivity index (χ3n) is 5.03. The van der Waals surface area contributed by atoms with Crippen molar-refractivity contribution in [1.82, 2.24) is 15.5 Å². The highest BCUT2D eigenvalue weighted by molar-refractivity contribution is 5.76. The Morgan fingerprint density at radius 3 is 2.35 bits per heavy atom. The van der Waals surface area contributed by atoms with Crippen LogP contribution >= 0.6 is 0 Å². The Bertz CT molecular complexity index is 294. The maximum atomic E-state index is 11.9. The Kier molecular flexibility index (Phi) is 6.30. The lowest BCUT2D eigenvalue weighted by atomic mass is 9.79. The van der Waals surface area contributed by atoms with Crippen LogP contribution in [0.2, 0.25) is 0 Å². The number of rotatable bonds is 6.